The standard InChI is InChI=1S/C28H26ClN3O3S/c1-19-24(27(33)30-13-15-31(16-14-30)28(34)26-4-3-17-36-26)18-25(20-5-7-21(29)8-6-20)32(19)22-9-11-23(35-2)12-10-22/h3-12,17-18H,13-16H2,1-2H3. The van der Waals surface area contributed by atoms with Crippen molar-refractivity contribution in [2.45, 2.75) is 6.92 Å². The molecule has 0 spiro atoms. The molecule has 2 amide bonds. The topological polar surface area (TPSA) is 54.8 Å². The van der Waals surface area contributed by atoms with E-state index in [2.05, 4.69) is 4.57 Å². The first-order valence-electron chi connectivity index (χ1n) is 11.7. The zero-order valence-corrected chi connectivity index (χ0v) is 21.7. The van der Waals surface area contributed by atoms with Crippen molar-refractivity contribution in [3.63, 3.8) is 0 Å². The zero-order valence-electron chi connectivity index (χ0n) is 20.1. The van der Waals surface area contributed by atoms with Crippen LogP contribution in [0.25, 0.3) is 16.9 Å². The second-order valence-corrected chi connectivity index (χ2v) is 10.0. The third-order valence-corrected chi connectivity index (χ3v) is 7.64. The number of aromatic nitrogens is 1. The van der Waals surface area contributed by atoms with Crippen LogP contribution in [0.5, 0.6) is 5.75 Å². The van der Waals surface area contributed by atoms with Gasteiger partial charge in [0.25, 0.3) is 11.8 Å². The molecular formula is C28H26ClN3O3S. The molecule has 6 nitrogen and oxygen atoms in total. The summed E-state index contributed by atoms with van der Waals surface area (Å²) in [5, 5.41) is 2.56. The molecule has 1 fully saturated rings. The summed E-state index contributed by atoms with van der Waals surface area (Å²) < 4.78 is 7.41. The van der Waals surface area contributed by atoms with Crippen molar-refractivity contribution in [1.29, 1.82) is 0 Å². The van der Waals surface area contributed by atoms with Gasteiger partial charge in [0, 0.05) is 42.6 Å². The number of carbonyl (C=O) groups is 2. The van der Waals surface area contributed by atoms with Crippen LogP contribution in [0, 0.1) is 6.92 Å². The molecule has 0 atom stereocenters. The van der Waals surface area contributed by atoms with Gasteiger partial charge >= 0.3 is 0 Å². The van der Waals surface area contributed by atoms with Crippen LogP contribution in [0.4, 0.5) is 0 Å². The molecule has 1 aliphatic heterocycles. The van der Waals surface area contributed by atoms with Crippen LogP contribution in [-0.4, -0.2) is 59.5 Å². The summed E-state index contributed by atoms with van der Waals surface area (Å²) in [6, 6.07) is 21.1. The van der Waals surface area contributed by atoms with Gasteiger partial charge in [0.15, 0.2) is 0 Å². The number of hydrogen-bond acceptors (Lipinski definition) is 4. The molecule has 2 aromatic heterocycles. The molecule has 3 heterocycles. The minimum Gasteiger partial charge on any atom is -0.497 e. The molecule has 0 unspecified atom stereocenters. The summed E-state index contributed by atoms with van der Waals surface area (Å²) in [7, 11) is 1.64. The largest absolute Gasteiger partial charge is 0.497 e. The number of nitrogens with zero attached hydrogens (tertiary/aromatic N) is 3. The van der Waals surface area contributed by atoms with Gasteiger partial charge in [-0.2, -0.15) is 0 Å². The number of hydrogen-bond donors (Lipinski definition) is 0. The number of halogens is 1. The van der Waals surface area contributed by atoms with Crippen molar-refractivity contribution >= 4 is 34.8 Å². The van der Waals surface area contributed by atoms with Crippen molar-refractivity contribution in [3.05, 3.63) is 93.3 Å². The number of piperazine rings is 1. The fraction of sp³-hybridized carbons (Fsp3) is 0.214. The van der Waals surface area contributed by atoms with E-state index < -0.39 is 0 Å². The summed E-state index contributed by atoms with van der Waals surface area (Å²) in [4.78, 5) is 30.8. The van der Waals surface area contributed by atoms with Gasteiger partial charge in [-0.15, -0.1) is 11.3 Å². The molecular weight excluding hydrogens is 494 g/mol. The Labute approximate surface area is 219 Å². The predicted octanol–water partition coefficient (Wildman–Crippen LogP) is 5.77. The lowest BCUT2D eigenvalue weighted by Gasteiger charge is -2.34. The molecule has 0 radical (unpaired) electrons. The van der Waals surface area contributed by atoms with Crippen molar-refractivity contribution in [1.82, 2.24) is 14.4 Å². The lowest BCUT2D eigenvalue weighted by Crippen LogP contribution is -2.50. The maximum atomic E-state index is 13.7. The first-order chi connectivity index (χ1) is 17.5. The second kappa shape index (κ2) is 10.2. The molecule has 2 aromatic carbocycles. The van der Waals surface area contributed by atoms with Crippen LogP contribution in [-0.2, 0) is 0 Å². The van der Waals surface area contributed by atoms with Gasteiger partial charge in [-0.3, -0.25) is 9.59 Å². The van der Waals surface area contributed by atoms with Gasteiger partial charge in [0.1, 0.15) is 5.75 Å². The number of benzene rings is 2. The van der Waals surface area contributed by atoms with Crippen LogP contribution in [0.2, 0.25) is 5.02 Å². The van der Waals surface area contributed by atoms with Crippen LogP contribution < -0.4 is 4.74 Å². The van der Waals surface area contributed by atoms with Crippen molar-refractivity contribution in [2.24, 2.45) is 0 Å². The molecule has 4 aromatic rings. The quantitative estimate of drug-likeness (QED) is 0.336. The van der Waals surface area contributed by atoms with Gasteiger partial charge in [-0.05, 0) is 66.4 Å². The molecule has 36 heavy (non-hydrogen) atoms. The molecule has 1 saturated heterocycles. The summed E-state index contributed by atoms with van der Waals surface area (Å²) in [5.41, 5.74) is 4.30. The summed E-state index contributed by atoms with van der Waals surface area (Å²) >= 11 is 7.58. The first kappa shape index (κ1) is 24.2. The fourth-order valence-electron chi connectivity index (χ4n) is 4.56. The van der Waals surface area contributed by atoms with Gasteiger partial charge in [0.05, 0.1) is 23.2 Å². The SMILES string of the molecule is COc1ccc(-n2c(-c3ccc(Cl)cc3)cc(C(=O)N3CCN(C(=O)c4cccs4)CC3)c2C)cc1. The monoisotopic (exact) mass is 519 g/mol. The number of amides is 2. The minimum absolute atomic E-state index is 0.0294. The van der Waals surface area contributed by atoms with E-state index >= 15 is 0 Å². The van der Waals surface area contributed by atoms with E-state index in [1.807, 2.05) is 88.8 Å². The molecule has 0 saturated carbocycles. The highest BCUT2D eigenvalue weighted by molar-refractivity contribution is 7.12. The number of thiophene rings is 1. The van der Waals surface area contributed by atoms with Crippen LogP contribution >= 0.6 is 22.9 Å². The zero-order chi connectivity index (χ0) is 25.2. The molecule has 184 valence electrons. The molecule has 1 aliphatic rings. The lowest BCUT2D eigenvalue weighted by molar-refractivity contribution is 0.0537. The number of methoxy groups -OCH3 is 1. The Hall–Kier alpha value is -3.55. The summed E-state index contributed by atoms with van der Waals surface area (Å²) in [5.74, 6) is 0.769. The Morgan fingerprint density at radius 2 is 1.53 bits per heavy atom. The molecule has 0 bridgehead atoms. The number of carbonyl (C=O) groups excluding carboxylic acids is 2. The third-order valence-electron chi connectivity index (χ3n) is 6.53. The minimum atomic E-state index is -0.0294. The summed E-state index contributed by atoms with van der Waals surface area (Å²) in [6.45, 7) is 4.00. The van der Waals surface area contributed by atoms with Crippen molar-refractivity contribution in [3.8, 4) is 22.7 Å². The number of ether oxygens (including phenoxy) is 1. The fourth-order valence-corrected chi connectivity index (χ4v) is 5.38. The van der Waals surface area contributed by atoms with Gasteiger partial charge in [0.2, 0.25) is 0 Å². The number of rotatable bonds is 5. The Balaban J connectivity index is 1.44. The van der Waals surface area contributed by atoms with Gasteiger partial charge in [-0.25, -0.2) is 0 Å². The smallest absolute Gasteiger partial charge is 0.264 e. The molecule has 0 aliphatic carbocycles. The lowest BCUT2D eigenvalue weighted by atomic mass is 10.1. The first-order valence-corrected chi connectivity index (χ1v) is 13.0. The van der Waals surface area contributed by atoms with E-state index in [1.165, 1.54) is 11.3 Å². The van der Waals surface area contributed by atoms with E-state index in [-0.39, 0.29) is 11.8 Å². The molecule has 8 heteroatoms. The van der Waals surface area contributed by atoms with Gasteiger partial charge < -0.3 is 19.1 Å². The highest BCUT2D eigenvalue weighted by atomic mass is 35.5. The Kier molecular flexibility index (Phi) is 6.85. The highest BCUT2D eigenvalue weighted by Gasteiger charge is 2.28. The highest BCUT2D eigenvalue weighted by Crippen LogP contribution is 2.32. The average molecular weight is 520 g/mol. The molecule has 5 rings (SSSR count). The second-order valence-electron chi connectivity index (χ2n) is 8.63. The van der Waals surface area contributed by atoms with Gasteiger partial charge in [-0.1, -0.05) is 29.8 Å². The predicted molar refractivity (Wildman–Crippen MR) is 144 cm³/mol. The maximum Gasteiger partial charge on any atom is 0.264 e. The Bertz CT molecular complexity index is 1370. The summed E-state index contributed by atoms with van der Waals surface area (Å²) in [6.07, 6.45) is 0. The Morgan fingerprint density at radius 1 is 0.889 bits per heavy atom. The van der Waals surface area contributed by atoms with Crippen LogP contribution in [0.15, 0.2) is 72.1 Å². The Morgan fingerprint density at radius 3 is 2.11 bits per heavy atom. The van der Waals surface area contributed by atoms with E-state index in [0.29, 0.717) is 36.8 Å². The van der Waals surface area contributed by atoms with E-state index in [0.717, 1.165) is 33.3 Å². The average Bonchev–Trinajstić information content (AvgIpc) is 3.57. The third kappa shape index (κ3) is 4.64. The van der Waals surface area contributed by atoms with E-state index in [9.17, 15) is 9.59 Å². The maximum absolute atomic E-state index is 13.7. The molecule has 0 N–H and O–H groups in total. The van der Waals surface area contributed by atoms with E-state index in [1.54, 1.807) is 7.11 Å². The van der Waals surface area contributed by atoms with Crippen molar-refractivity contribution in [2.75, 3.05) is 33.3 Å². The normalized spacial score (nSPS) is 13.6. The van der Waals surface area contributed by atoms with Crippen molar-refractivity contribution < 1.29 is 14.3 Å². The van der Waals surface area contributed by atoms with Crippen LogP contribution in [0.3, 0.4) is 0 Å². The van der Waals surface area contributed by atoms with E-state index in [4.69, 9.17) is 16.3 Å². The van der Waals surface area contributed by atoms with Crippen LogP contribution in [0.1, 0.15) is 25.7 Å².